The van der Waals surface area contributed by atoms with Gasteiger partial charge in [0.1, 0.15) is 5.82 Å². The summed E-state index contributed by atoms with van der Waals surface area (Å²) < 4.78 is 26.0. The average Bonchev–Trinajstić information content (AvgIpc) is 2.63. The van der Waals surface area contributed by atoms with Crippen LogP contribution >= 0.6 is 0 Å². The third-order valence-corrected chi connectivity index (χ3v) is 2.94. The summed E-state index contributed by atoms with van der Waals surface area (Å²) in [5.74, 6) is -1.02. The van der Waals surface area contributed by atoms with Gasteiger partial charge < -0.3 is 16.8 Å². The van der Waals surface area contributed by atoms with Crippen LogP contribution in [0, 0.1) is 5.82 Å². The summed E-state index contributed by atoms with van der Waals surface area (Å²) in [6.07, 6.45) is 6.46. The maximum atomic E-state index is 13.8. The number of hydrogen-bond acceptors (Lipinski definition) is 5. The van der Waals surface area contributed by atoms with E-state index in [1.807, 2.05) is 19.9 Å². The Bertz CT molecular complexity index is 640. The fourth-order valence-corrected chi connectivity index (χ4v) is 1.85. The lowest BCUT2D eigenvalue weighted by molar-refractivity contribution is -0.00556. The molecule has 7 heteroatoms. The topological polar surface area (TPSA) is 85.7 Å². The van der Waals surface area contributed by atoms with Crippen LogP contribution in [0.4, 0.5) is 14.6 Å². The molecule has 0 unspecified atom stereocenters. The molecule has 0 aromatic heterocycles. The Balaban J connectivity index is 0.00000277. The molecule has 0 saturated carbocycles. The first-order chi connectivity index (χ1) is 12.0. The molecule has 5 N–H and O–H groups in total. The lowest BCUT2D eigenvalue weighted by Crippen LogP contribution is -2.16. The molecule has 0 aliphatic carbocycles. The largest absolute Gasteiger partial charge is 0.396 e. The number of nitrogens with zero attached hydrogens (tertiary/aromatic N) is 1. The van der Waals surface area contributed by atoms with Crippen molar-refractivity contribution < 1.29 is 13.9 Å². The first-order valence-corrected chi connectivity index (χ1v) is 7.81. The molecule has 1 aromatic rings. The van der Waals surface area contributed by atoms with Gasteiger partial charge in [0.15, 0.2) is 5.75 Å². The van der Waals surface area contributed by atoms with Gasteiger partial charge in [0.05, 0.1) is 5.69 Å². The molecule has 138 valence electrons. The van der Waals surface area contributed by atoms with Crippen molar-refractivity contribution in [3.63, 3.8) is 0 Å². The first-order valence-electron chi connectivity index (χ1n) is 7.81. The van der Waals surface area contributed by atoms with Crippen LogP contribution in [0.15, 0.2) is 46.6 Å². The Morgan fingerprint density at radius 1 is 1.40 bits per heavy atom. The molecule has 0 bridgehead atoms. The van der Waals surface area contributed by atoms with E-state index in [9.17, 15) is 8.92 Å². The number of nitrogens with two attached hydrogens (primary N) is 2. The summed E-state index contributed by atoms with van der Waals surface area (Å²) >= 11 is 0. The number of benzene rings is 1. The van der Waals surface area contributed by atoms with E-state index in [1.165, 1.54) is 18.3 Å². The Morgan fingerprint density at radius 2 is 2.08 bits per heavy atom. The van der Waals surface area contributed by atoms with E-state index in [1.54, 1.807) is 13.1 Å². The molecular formula is C18H26F2N4O. The zero-order valence-electron chi connectivity index (χ0n) is 14.9. The van der Waals surface area contributed by atoms with Crippen LogP contribution < -0.4 is 21.7 Å². The van der Waals surface area contributed by atoms with Crippen molar-refractivity contribution in [1.82, 2.24) is 5.32 Å². The van der Waals surface area contributed by atoms with Gasteiger partial charge in [-0.25, -0.2) is 4.39 Å². The number of anilines is 1. The molecule has 25 heavy (non-hydrogen) atoms. The standard InChI is InChI=1S/C16H20F2N4O.C2H6/c1-21-9-11(5-12(8-19)10-22-2)3-4-13-6-15(20)16(23-18)7-14(13)17;1-2/h3-7,9,22H,1,8,10,19-20H2,2H3;1-2H3/b4-3?,11-9-,12-5+;. The summed E-state index contributed by atoms with van der Waals surface area (Å²) in [5.41, 5.74) is 13.0. The molecule has 0 atom stereocenters. The minimum absolute atomic E-state index is 0.00528. The maximum absolute atomic E-state index is 13.8. The van der Waals surface area contributed by atoms with E-state index >= 15 is 0 Å². The van der Waals surface area contributed by atoms with E-state index in [2.05, 4.69) is 22.0 Å². The second kappa shape index (κ2) is 12.9. The molecule has 0 saturated heterocycles. The number of aliphatic imine (C=N–C) groups is 1. The van der Waals surface area contributed by atoms with Gasteiger partial charge in [-0.1, -0.05) is 32.1 Å². The van der Waals surface area contributed by atoms with Gasteiger partial charge in [0.25, 0.3) is 0 Å². The molecule has 5 nitrogen and oxygen atoms in total. The smallest absolute Gasteiger partial charge is 0.197 e. The van der Waals surface area contributed by atoms with Crippen LogP contribution in [0.1, 0.15) is 19.4 Å². The second-order valence-electron chi connectivity index (χ2n) is 4.67. The molecule has 1 rings (SSSR count). The van der Waals surface area contributed by atoms with Crippen molar-refractivity contribution in [3.05, 3.63) is 53.0 Å². The van der Waals surface area contributed by atoms with Gasteiger partial charge in [0, 0.05) is 35.4 Å². The Morgan fingerprint density at radius 3 is 2.60 bits per heavy atom. The van der Waals surface area contributed by atoms with Gasteiger partial charge in [-0.3, -0.25) is 9.93 Å². The first kappa shape index (κ1) is 22.5. The monoisotopic (exact) mass is 352 g/mol. The molecular weight excluding hydrogens is 326 g/mol. The van der Waals surface area contributed by atoms with E-state index in [0.29, 0.717) is 18.7 Å². The van der Waals surface area contributed by atoms with Crippen molar-refractivity contribution in [3.8, 4) is 5.75 Å². The van der Waals surface area contributed by atoms with Crippen LogP contribution in [0.5, 0.6) is 5.75 Å². The molecule has 0 fully saturated rings. The second-order valence-corrected chi connectivity index (χ2v) is 4.67. The predicted molar refractivity (Wildman–Crippen MR) is 102 cm³/mol. The van der Waals surface area contributed by atoms with E-state index in [4.69, 9.17) is 11.5 Å². The third kappa shape index (κ3) is 7.73. The van der Waals surface area contributed by atoms with Crippen molar-refractivity contribution in [2.45, 2.75) is 13.8 Å². The van der Waals surface area contributed by atoms with Crippen LogP contribution in [0.25, 0.3) is 6.08 Å². The summed E-state index contributed by atoms with van der Waals surface area (Å²) in [6.45, 7) is 8.38. The lowest BCUT2D eigenvalue weighted by Gasteiger charge is -2.05. The molecule has 0 heterocycles. The Kier molecular flexibility index (Phi) is 11.6. The number of rotatable bonds is 8. The number of nitrogens with one attached hydrogen (secondary N) is 1. The van der Waals surface area contributed by atoms with Gasteiger partial charge in [0.2, 0.25) is 0 Å². The third-order valence-electron chi connectivity index (χ3n) is 2.94. The molecule has 0 aliphatic rings. The van der Waals surface area contributed by atoms with Crippen molar-refractivity contribution in [1.29, 1.82) is 0 Å². The zero-order valence-corrected chi connectivity index (χ0v) is 14.9. The average molecular weight is 352 g/mol. The van der Waals surface area contributed by atoms with E-state index in [0.717, 1.165) is 11.6 Å². The van der Waals surface area contributed by atoms with Gasteiger partial charge in [-0.05, 0) is 31.0 Å². The number of halogens is 2. The fraction of sp³-hybridized carbons (Fsp3) is 0.278. The van der Waals surface area contributed by atoms with Crippen LogP contribution in [-0.2, 0) is 0 Å². The normalized spacial score (nSPS) is 11.9. The highest BCUT2D eigenvalue weighted by Gasteiger charge is 2.08. The number of hydrogen-bond donors (Lipinski definition) is 3. The van der Waals surface area contributed by atoms with E-state index in [-0.39, 0.29) is 17.0 Å². The Labute approximate surface area is 147 Å². The summed E-state index contributed by atoms with van der Waals surface area (Å²) in [4.78, 5) is 7.19. The summed E-state index contributed by atoms with van der Waals surface area (Å²) in [5, 5.41) is 3.00. The van der Waals surface area contributed by atoms with Gasteiger partial charge in [-0.2, -0.15) is 0 Å². The van der Waals surface area contributed by atoms with Crippen LogP contribution in [-0.4, -0.2) is 26.9 Å². The number of nitrogen functional groups attached to an aromatic ring is 1. The summed E-state index contributed by atoms with van der Waals surface area (Å²) in [7, 11) is 1.81. The highest BCUT2D eigenvalue weighted by Crippen LogP contribution is 2.26. The van der Waals surface area contributed by atoms with Crippen molar-refractivity contribution in [2.24, 2.45) is 10.7 Å². The molecule has 0 radical (unpaired) electrons. The highest BCUT2D eigenvalue weighted by molar-refractivity contribution is 5.64. The van der Waals surface area contributed by atoms with Crippen LogP contribution in [0.3, 0.4) is 0 Å². The minimum Gasteiger partial charge on any atom is -0.396 e. The van der Waals surface area contributed by atoms with Crippen molar-refractivity contribution in [2.75, 3.05) is 25.9 Å². The molecule has 0 amide bonds. The maximum Gasteiger partial charge on any atom is 0.197 e. The Hall–Kier alpha value is -2.51. The highest BCUT2D eigenvalue weighted by atomic mass is 19.3. The van der Waals surface area contributed by atoms with E-state index < -0.39 is 5.82 Å². The lowest BCUT2D eigenvalue weighted by atomic mass is 10.1. The molecule has 0 aliphatic heterocycles. The zero-order chi connectivity index (χ0) is 19.2. The van der Waals surface area contributed by atoms with Crippen LogP contribution in [0.2, 0.25) is 0 Å². The molecule has 1 aromatic carbocycles. The SMILES string of the molecule is C=N/C=C(C=Cc1cc(N)c(OF)cc1F)\C=C(/CN)CNC.CC. The number of likely N-dealkylation sites (N-methyl/N-ethyl adjacent to an activating group) is 1. The van der Waals surface area contributed by atoms with Crippen molar-refractivity contribution >= 4 is 18.5 Å². The predicted octanol–water partition coefficient (Wildman–Crippen LogP) is 3.40. The molecule has 0 spiro atoms. The quantitative estimate of drug-likeness (QED) is 0.380. The summed E-state index contributed by atoms with van der Waals surface area (Å²) in [6, 6.07) is 2.16. The minimum atomic E-state index is -0.660. The van der Waals surface area contributed by atoms with Gasteiger partial charge in [-0.15, -0.1) is 0 Å². The van der Waals surface area contributed by atoms with Gasteiger partial charge >= 0.3 is 0 Å². The fourth-order valence-electron chi connectivity index (χ4n) is 1.85. The number of allylic oxidation sites excluding steroid dienone is 3.